The molecule has 0 amide bonds. The number of hydrogen-bond donors (Lipinski definition) is 0. The van der Waals surface area contributed by atoms with Crippen molar-refractivity contribution < 1.29 is 0 Å². The topological polar surface area (TPSA) is 0 Å². The van der Waals surface area contributed by atoms with Crippen LogP contribution >= 0.6 is 0 Å². The minimum atomic E-state index is -0.407. The molecule has 0 aliphatic heterocycles. The standard InChI is InChI=1S/CH3BS5/c1-2-6(3)7(4)5/h1H3. The molecule has 0 aliphatic rings. The van der Waals surface area contributed by atoms with Crippen LogP contribution in [0.4, 0.5) is 0 Å². The van der Waals surface area contributed by atoms with Crippen LogP contribution in [0.1, 0.15) is 0 Å². The van der Waals surface area contributed by atoms with Crippen molar-refractivity contribution in [3.63, 3.8) is 0 Å². The summed E-state index contributed by atoms with van der Waals surface area (Å²) in [5.41, 5.74) is 0. The molecule has 6 heteroatoms. The van der Waals surface area contributed by atoms with Crippen LogP contribution in [0.2, 0.25) is 6.82 Å². The molecule has 0 radical (unpaired) electrons. The van der Waals surface area contributed by atoms with E-state index in [1.54, 1.807) is 0 Å². The van der Waals surface area contributed by atoms with E-state index < -0.39 is 6.57 Å². The summed E-state index contributed by atoms with van der Waals surface area (Å²) in [6.45, 7) is 1.49. The van der Waals surface area contributed by atoms with Crippen LogP contribution in [0.3, 0.4) is 0 Å². The fraction of sp³-hybridized carbons (Fsp3) is 1.00. The molecule has 0 aromatic carbocycles. The maximum atomic E-state index is 4.84. The van der Waals surface area contributed by atoms with Crippen LogP contribution in [-0.2, 0) is 47.6 Å². The Bertz CT molecular complexity index is 255. The van der Waals surface area contributed by atoms with Gasteiger partial charge in [0.15, 0.2) is 0 Å². The van der Waals surface area contributed by atoms with E-state index in [9.17, 15) is 0 Å². The Morgan fingerprint density at radius 3 is 1.71 bits per heavy atom. The van der Waals surface area contributed by atoms with Crippen LogP contribution < -0.4 is 0 Å². The molecule has 0 saturated heterocycles. The molecular weight excluding hydrogens is 183 g/mol. The molecule has 0 rings (SSSR count). The number of rotatable bonds is 0. The molecule has 0 atom stereocenters. The molecule has 0 N–H and O–H groups in total. The van der Waals surface area contributed by atoms with Gasteiger partial charge in [0.2, 0.25) is 0 Å². The fourth-order valence-electron chi connectivity index (χ4n) is 0.0786. The van der Waals surface area contributed by atoms with Crippen LogP contribution in [0.5, 0.6) is 0 Å². The zero-order chi connectivity index (χ0) is 5.86. The van der Waals surface area contributed by atoms with Crippen LogP contribution in [0.25, 0.3) is 0 Å². The van der Waals surface area contributed by atoms with Gasteiger partial charge in [-0.25, -0.2) is 0 Å². The van der Waals surface area contributed by atoms with Gasteiger partial charge in [-0.05, 0) is 0 Å². The molecule has 0 saturated carbocycles. The molecule has 0 heterocycles. The van der Waals surface area contributed by atoms with Crippen molar-refractivity contribution >= 4 is 53.7 Å². The van der Waals surface area contributed by atoms with Crippen molar-refractivity contribution in [3.05, 3.63) is 0 Å². The SMILES string of the molecule is CB=S(=S)=S(=S)=S. The van der Waals surface area contributed by atoms with Gasteiger partial charge < -0.3 is 0 Å². The van der Waals surface area contributed by atoms with E-state index in [2.05, 4.69) is 0 Å². The van der Waals surface area contributed by atoms with Gasteiger partial charge in [-0.3, -0.25) is 0 Å². The van der Waals surface area contributed by atoms with E-state index in [0.717, 1.165) is 0 Å². The van der Waals surface area contributed by atoms with Crippen molar-refractivity contribution in [2.24, 2.45) is 0 Å². The van der Waals surface area contributed by atoms with E-state index in [4.69, 9.17) is 33.6 Å². The van der Waals surface area contributed by atoms with E-state index in [1.165, 1.54) is 0 Å². The van der Waals surface area contributed by atoms with Crippen molar-refractivity contribution in [2.45, 2.75) is 6.82 Å². The van der Waals surface area contributed by atoms with Gasteiger partial charge in [0.25, 0.3) is 0 Å². The molecule has 0 unspecified atom stereocenters. The molecule has 0 bridgehead atoms. The van der Waals surface area contributed by atoms with Gasteiger partial charge in [-0.15, -0.1) is 0 Å². The molecule has 0 spiro atoms. The van der Waals surface area contributed by atoms with E-state index in [-0.39, 0.29) is 7.44 Å². The Balaban J connectivity index is 5.68. The Morgan fingerprint density at radius 2 is 1.71 bits per heavy atom. The molecule has 7 heavy (non-hydrogen) atoms. The van der Waals surface area contributed by atoms with Crippen molar-refractivity contribution in [3.8, 4) is 0 Å². The maximum absolute atomic E-state index is 4.84. The Morgan fingerprint density at radius 1 is 1.29 bits per heavy atom. The van der Waals surface area contributed by atoms with Gasteiger partial charge in [-0.1, -0.05) is 0 Å². The summed E-state index contributed by atoms with van der Waals surface area (Å²) in [6.07, 6.45) is 1.89. The summed E-state index contributed by atoms with van der Waals surface area (Å²) < 4.78 is 0. The Labute approximate surface area is 60.3 Å². The quantitative estimate of drug-likeness (QED) is 0.496. The molecule has 0 nitrogen and oxygen atoms in total. The van der Waals surface area contributed by atoms with Gasteiger partial charge in [0.05, 0.1) is 0 Å². The minimum absolute atomic E-state index is 0.213. The summed E-state index contributed by atoms with van der Waals surface area (Å²) in [5, 5.41) is 0. The average Bonchev–Trinajstić information content (AvgIpc) is 1.65. The molecule has 0 aromatic heterocycles. The first-order valence-corrected chi connectivity index (χ1v) is 7.28. The second-order valence-corrected chi connectivity index (χ2v) is 9.79. The Hall–Kier alpha value is 1.16. The first kappa shape index (κ1) is 8.16. The van der Waals surface area contributed by atoms with Crippen molar-refractivity contribution in [1.29, 1.82) is 0 Å². The van der Waals surface area contributed by atoms with Crippen LogP contribution in [-0.4, -0.2) is 6.15 Å². The molecule has 0 aliphatic carbocycles. The summed E-state index contributed by atoms with van der Waals surface area (Å²) in [4.78, 5) is 0. The summed E-state index contributed by atoms with van der Waals surface area (Å²) in [7, 11) is -0.213. The number of hydrogen-bond acceptors (Lipinski definition) is 3. The first-order chi connectivity index (χ1) is 3.18. The van der Waals surface area contributed by atoms with E-state index in [1.807, 2.05) is 13.0 Å². The van der Waals surface area contributed by atoms with Crippen molar-refractivity contribution in [1.82, 2.24) is 0 Å². The predicted molar refractivity (Wildman–Crippen MR) is 48.4 cm³/mol. The van der Waals surface area contributed by atoms with Crippen LogP contribution in [0, 0.1) is 0 Å². The van der Waals surface area contributed by atoms with Gasteiger partial charge >= 0.3 is 60.6 Å². The molecule has 40 valence electrons. The first-order valence-electron chi connectivity index (χ1n) is 1.48. The Kier molecular flexibility index (Phi) is 4.76. The molecule has 0 fully saturated rings. The zero-order valence-electron chi connectivity index (χ0n) is 3.62. The molecular formula is CH3BS5. The van der Waals surface area contributed by atoms with Crippen LogP contribution in [0.15, 0.2) is 0 Å². The third kappa shape index (κ3) is 3.72. The summed E-state index contributed by atoms with van der Waals surface area (Å²) in [5.74, 6) is 0. The zero-order valence-corrected chi connectivity index (χ0v) is 7.70. The predicted octanol–water partition coefficient (Wildman–Crippen LogP) is 0.191. The fourth-order valence-corrected chi connectivity index (χ4v) is 2.12. The van der Waals surface area contributed by atoms with Crippen molar-refractivity contribution in [2.75, 3.05) is 0 Å². The average molecular weight is 186 g/mol. The summed E-state index contributed by atoms with van der Waals surface area (Å²) in [6, 6.07) is 0. The summed E-state index contributed by atoms with van der Waals surface area (Å²) >= 11 is 14.3. The van der Waals surface area contributed by atoms with E-state index in [0.29, 0.717) is 0 Å². The molecule has 0 aromatic rings. The third-order valence-corrected chi connectivity index (χ3v) is 8.35. The third-order valence-electron chi connectivity index (χ3n) is 0.327. The second-order valence-electron chi connectivity index (χ2n) is 0.700. The second kappa shape index (κ2) is 4.08. The van der Waals surface area contributed by atoms with E-state index >= 15 is 0 Å². The van der Waals surface area contributed by atoms with Gasteiger partial charge in [0.1, 0.15) is 0 Å². The van der Waals surface area contributed by atoms with Gasteiger partial charge in [0, 0.05) is 0 Å². The monoisotopic (exact) mass is 186 g/mol. The normalized spacial score (nSPS) is 7.00. The van der Waals surface area contributed by atoms with Gasteiger partial charge in [-0.2, -0.15) is 0 Å².